The van der Waals surface area contributed by atoms with E-state index in [4.69, 9.17) is 4.74 Å². The van der Waals surface area contributed by atoms with Crippen molar-refractivity contribution in [1.82, 2.24) is 10.6 Å². The molecule has 0 aromatic heterocycles. The summed E-state index contributed by atoms with van der Waals surface area (Å²) in [6.45, 7) is 2.14. The molecule has 128 valence electrons. The lowest BCUT2D eigenvalue weighted by Gasteiger charge is -2.31. The number of carbonyl (C=O) groups is 1. The van der Waals surface area contributed by atoms with Gasteiger partial charge in [0.1, 0.15) is 6.10 Å². The number of rotatable bonds is 6. The zero-order chi connectivity index (χ0) is 16.7. The van der Waals surface area contributed by atoms with Crippen LogP contribution in [0.4, 0.5) is 9.18 Å². The summed E-state index contributed by atoms with van der Waals surface area (Å²) in [5, 5.41) is 15.0. The molecule has 0 radical (unpaired) electrons. The molecule has 3 atom stereocenters. The van der Waals surface area contributed by atoms with Crippen molar-refractivity contribution in [3.63, 3.8) is 0 Å². The minimum atomic E-state index is -0.420. The first kappa shape index (κ1) is 17.5. The van der Waals surface area contributed by atoms with Crippen molar-refractivity contribution in [3.8, 4) is 5.75 Å². The molecule has 2 amide bonds. The van der Waals surface area contributed by atoms with Gasteiger partial charge in [0.25, 0.3) is 0 Å². The van der Waals surface area contributed by atoms with E-state index >= 15 is 0 Å². The predicted octanol–water partition coefficient (Wildman–Crippen LogP) is 2.44. The van der Waals surface area contributed by atoms with Crippen LogP contribution in [0.3, 0.4) is 0 Å². The van der Waals surface area contributed by atoms with Gasteiger partial charge in [-0.1, -0.05) is 25.0 Å². The van der Waals surface area contributed by atoms with Gasteiger partial charge in [-0.25, -0.2) is 9.18 Å². The minimum absolute atomic E-state index is 0.0107. The molecular weight excluding hydrogens is 299 g/mol. The molecule has 0 aliphatic heterocycles. The van der Waals surface area contributed by atoms with Gasteiger partial charge in [0, 0.05) is 18.6 Å². The molecule has 0 saturated heterocycles. The fraction of sp³-hybridized carbons (Fsp3) is 0.588. The molecule has 6 heteroatoms. The summed E-state index contributed by atoms with van der Waals surface area (Å²) >= 11 is 0. The first-order chi connectivity index (χ1) is 11.1. The van der Waals surface area contributed by atoms with Crippen molar-refractivity contribution in [2.24, 2.45) is 5.92 Å². The van der Waals surface area contributed by atoms with E-state index in [-0.39, 0.29) is 43.0 Å². The smallest absolute Gasteiger partial charge is 0.315 e. The van der Waals surface area contributed by atoms with Crippen molar-refractivity contribution >= 4 is 6.03 Å². The molecule has 1 aromatic carbocycles. The van der Waals surface area contributed by atoms with Gasteiger partial charge in [0.2, 0.25) is 0 Å². The van der Waals surface area contributed by atoms with Gasteiger partial charge in [-0.3, -0.25) is 0 Å². The third-order valence-corrected chi connectivity index (χ3v) is 4.17. The third kappa shape index (κ3) is 5.39. The van der Waals surface area contributed by atoms with Crippen LogP contribution < -0.4 is 15.4 Å². The Bertz CT molecular complexity index is 512. The number of benzene rings is 1. The number of aliphatic hydroxyl groups excluding tert-OH is 1. The van der Waals surface area contributed by atoms with E-state index in [0.29, 0.717) is 0 Å². The summed E-state index contributed by atoms with van der Waals surface area (Å²) in [6, 6.07) is 5.92. The topological polar surface area (TPSA) is 70.6 Å². The van der Waals surface area contributed by atoms with Gasteiger partial charge < -0.3 is 20.5 Å². The lowest BCUT2D eigenvalue weighted by molar-refractivity contribution is 0.152. The number of para-hydroxylation sites is 1. The van der Waals surface area contributed by atoms with Crippen LogP contribution in [0.2, 0.25) is 0 Å². The van der Waals surface area contributed by atoms with E-state index in [2.05, 4.69) is 10.6 Å². The van der Waals surface area contributed by atoms with Crippen LogP contribution in [-0.4, -0.2) is 36.4 Å². The molecule has 1 aliphatic carbocycles. The lowest BCUT2D eigenvalue weighted by Crippen LogP contribution is -2.49. The Balaban J connectivity index is 1.74. The van der Waals surface area contributed by atoms with Crippen LogP contribution in [0.1, 0.15) is 32.6 Å². The number of aliphatic hydroxyl groups is 1. The number of nitrogens with one attached hydrogen (secondary N) is 2. The van der Waals surface area contributed by atoms with Crippen LogP contribution in [0.25, 0.3) is 0 Å². The van der Waals surface area contributed by atoms with Crippen molar-refractivity contribution in [2.75, 3.05) is 13.2 Å². The second kappa shape index (κ2) is 8.72. The predicted molar refractivity (Wildman–Crippen MR) is 85.9 cm³/mol. The number of amides is 2. The third-order valence-electron chi connectivity index (χ3n) is 4.17. The van der Waals surface area contributed by atoms with E-state index in [9.17, 15) is 14.3 Å². The summed E-state index contributed by atoms with van der Waals surface area (Å²) in [7, 11) is 0. The number of urea groups is 1. The monoisotopic (exact) mass is 324 g/mol. The highest BCUT2D eigenvalue weighted by Crippen LogP contribution is 2.23. The number of ether oxygens (including phenoxy) is 1. The second-order valence-electron chi connectivity index (χ2n) is 6.05. The molecule has 1 aliphatic rings. The minimum Gasteiger partial charge on any atom is -0.486 e. The van der Waals surface area contributed by atoms with E-state index < -0.39 is 5.82 Å². The standard InChI is InChI=1S/C17H25FN2O3/c1-12(23-16-9-5-3-7-14(16)18)10-19-17(22)20-15-8-4-2-6-13(15)11-21/h3,5,7,9,12-13,15,21H,2,4,6,8,10-11H2,1H3,(H2,19,20,22). The Morgan fingerprint density at radius 1 is 1.39 bits per heavy atom. The molecule has 5 nitrogen and oxygen atoms in total. The van der Waals surface area contributed by atoms with Gasteiger partial charge in [-0.05, 0) is 31.9 Å². The lowest BCUT2D eigenvalue weighted by atomic mass is 9.85. The highest BCUT2D eigenvalue weighted by molar-refractivity contribution is 5.74. The SMILES string of the molecule is CC(CNC(=O)NC1CCCCC1CO)Oc1ccccc1F. The Morgan fingerprint density at radius 2 is 2.13 bits per heavy atom. The normalized spacial score (nSPS) is 22.2. The van der Waals surface area contributed by atoms with Crippen LogP contribution >= 0.6 is 0 Å². The number of carbonyl (C=O) groups excluding carboxylic acids is 1. The Labute approximate surface area is 136 Å². The molecule has 0 bridgehead atoms. The zero-order valence-corrected chi connectivity index (χ0v) is 13.4. The van der Waals surface area contributed by atoms with Crippen molar-refractivity contribution < 1.29 is 19.0 Å². The van der Waals surface area contributed by atoms with E-state index in [1.54, 1.807) is 25.1 Å². The average Bonchev–Trinajstić information content (AvgIpc) is 2.55. The Hall–Kier alpha value is -1.82. The van der Waals surface area contributed by atoms with Gasteiger partial charge in [0.15, 0.2) is 11.6 Å². The average molecular weight is 324 g/mol. The molecule has 0 spiro atoms. The van der Waals surface area contributed by atoms with Gasteiger partial charge in [0.05, 0.1) is 6.54 Å². The Morgan fingerprint density at radius 3 is 2.87 bits per heavy atom. The Kier molecular flexibility index (Phi) is 6.65. The number of hydrogen-bond donors (Lipinski definition) is 3. The molecule has 2 rings (SSSR count). The van der Waals surface area contributed by atoms with Crippen LogP contribution in [-0.2, 0) is 0 Å². The summed E-state index contributed by atoms with van der Waals surface area (Å²) < 4.78 is 19.0. The summed E-state index contributed by atoms with van der Waals surface area (Å²) in [4.78, 5) is 12.0. The first-order valence-corrected chi connectivity index (χ1v) is 8.16. The number of hydrogen-bond acceptors (Lipinski definition) is 3. The van der Waals surface area contributed by atoms with Crippen molar-refractivity contribution in [3.05, 3.63) is 30.1 Å². The number of halogens is 1. The quantitative estimate of drug-likeness (QED) is 0.753. The van der Waals surface area contributed by atoms with Crippen molar-refractivity contribution in [2.45, 2.75) is 44.8 Å². The zero-order valence-electron chi connectivity index (χ0n) is 13.4. The molecule has 1 aromatic rings. The van der Waals surface area contributed by atoms with Gasteiger partial charge >= 0.3 is 6.03 Å². The second-order valence-corrected chi connectivity index (χ2v) is 6.05. The van der Waals surface area contributed by atoms with Gasteiger partial charge in [-0.15, -0.1) is 0 Å². The van der Waals surface area contributed by atoms with Crippen LogP contribution in [0.15, 0.2) is 24.3 Å². The summed E-state index contributed by atoms with van der Waals surface area (Å²) in [5.74, 6) is -0.117. The molecule has 3 N–H and O–H groups in total. The molecule has 1 fully saturated rings. The highest BCUT2D eigenvalue weighted by atomic mass is 19.1. The molecular formula is C17H25FN2O3. The molecule has 3 unspecified atom stereocenters. The maximum atomic E-state index is 13.5. The maximum absolute atomic E-state index is 13.5. The van der Waals surface area contributed by atoms with Gasteiger partial charge in [-0.2, -0.15) is 0 Å². The molecule has 1 saturated carbocycles. The van der Waals surface area contributed by atoms with E-state index in [1.165, 1.54) is 6.07 Å². The molecule has 0 heterocycles. The first-order valence-electron chi connectivity index (χ1n) is 8.16. The van der Waals surface area contributed by atoms with Crippen LogP contribution in [0, 0.1) is 11.7 Å². The highest BCUT2D eigenvalue weighted by Gasteiger charge is 2.25. The molecule has 23 heavy (non-hydrogen) atoms. The summed E-state index contributed by atoms with van der Waals surface area (Å²) in [6.07, 6.45) is 3.64. The van der Waals surface area contributed by atoms with E-state index in [1.807, 2.05) is 0 Å². The van der Waals surface area contributed by atoms with Crippen molar-refractivity contribution in [1.29, 1.82) is 0 Å². The maximum Gasteiger partial charge on any atom is 0.315 e. The summed E-state index contributed by atoms with van der Waals surface area (Å²) in [5.41, 5.74) is 0. The fourth-order valence-corrected chi connectivity index (χ4v) is 2.87. The van der Waals surface area contributed by atoms with E-state index in [0.717, 1.165) is 25.7 Å². The van der Waals surface area contributed by atoms with Crippen LogP contribution in [0.5, 0.6) is 5.75 Å². The largest absolute Gasteiger partial charge is 0.486 e. The fourth-order valence-electron chi connectivity index (χ4n) is 2.87.